The van der Waals surface area contributed by atoms with Crippen molar-refractivity contribution in [2.75, 3.05) is 35.0 Å². The Bertz CT molecular complexity index is 1300. The summed E-state index contributed by atoms with van der Waals surface area (Å²) in [6, 6.07) is 20.6. The van der Waals surface area contributed by atoms with E-state index in [2.05, 4.69) is 46.7 Å². The summed E-state index contributed by atoms with van der Waals surface area (Å²) < 4.78 is 22.4. The SMILES string of the molecule is COc1ccc(C2NCC(c3cccc(OC)c3OC)c3c2[nH]c2ccccc32)cc1OC. The minimum Gasteiger partial charge on any atom is -0.493 e. The van der Waals surface area contributed by atoms with E-state index in [4.69, 9.17) is 18.9 Å². The van der Waals surface area contributed by atoms with Crippen LogP contribution in [-0.2, 0) is 0 Å². The van der Waals surface area contributed by atoms with Gasteiger partial charge in [0.05, 0.1) is 34.5 Å². The van der Waals surface area contributed by atoms with Crippen molar-refractivity contribution in [1.82, 2.24) is 10.3 Å². The number of hydrogen-bond acceptors (Lipinski definition) is 5. The van der Waals surface area contributed by atoms with E-state index >= 15 is 0 Å². The summed E-state index contributed by atoms with van der Waals surface area (Å²) in [5.41, 5.74) is 5.74. The Labute approximate surface area is 193 Å². The number of para-hydroxylation sites is 2. The molecule has 2 atom stereocenters. The molecule has 2 heterocycles. The zero-order valence-corrected chi connectivity index (χ0v) is 19.3. The third-order valence-corrected chi connectivity index (χ3v) is 6.49. The van der Waals surface area contributed by atoms with E-state index in [-0.39, 0.29) is 12.0 Å². The number of aromatic amines is 1. The van der Waals surface area contributed by atoms with Crippen LogP contribution in [0.3, 0.4) is 0 Å². The first-order chi connectivity index (χ1) is 16.2. The van der Waals surface area contributed by atoms with Gasteiger partial charge >= 0.3 is 0 Å². The van der Waals surface area contributed by atoms with Gasteiger partial charge in [0, 0.05) is 34.6 Å². The van der Waals surface area contributed by atoms with Crippen LogP contribution in [0.1, 0.15) is 34.3 Å². The first-order valence-corrected chi connectivity index (χ1v) is 11.0. The zero-order valence-electron chi connectivity index (χ0n) is 19.3. The Balaban J connectivity index is 1.69. The average molecular weight is 445 g/mol. The number of ether oxygens (including phenoxy) is 4. The van der Waals surface area contributed by atoms with Crippen LogP contribution in [-0.4, -0.2) is 40.0 Å². The van der Waals surface area contributed by atoms with Crippen molar-refractivity contribution in [3.05, 3.63) is 83.0 Å². The fraction of sp³-hybridized carbons (Fsp3) is 0.259. The fourth-order valence-electron chi connectivity index (χ4n) is 5.00. The normalized spacial score (nSPS) is 17.5. The number of benzene rings is 3. The van der Waals surface area contributed by atoms with E-state index in [1.54, 1.807) is 28.4 Å². The number of aromatic nitrogens is 1. The molecular formula is C27H28N2O4. The Morgan fingerprint density at radius 2 is 1.55 bits per heavy atom. The van der Waals surface area contributed by atoms with E-state index < -0.39 is 0 Å². The van der Waals surface area contributed by atoms with Gasteiger partial charge in [-0.25, -0.2) is 0 Å². The number of hydrogen-bond donors (Lipinski definition) is 2. The molecule has 0 amide bonds. The van der Waals surface area contributed by atoms with E-state index in [1.165, 1.54) is 10.9 Å². The summed E-state index contributed by atoms with van der Waals surface area (Å²) in [5, 5.41) is 4.97. The third kappa shape index (κ3) is 3.47. The average Bonchev–Trinajstić information content (AvgIpc) is 3.27. The van der Waals surface area contributed by atoms with E-state index in [1.807, 2.05) is 24.3 Å². The van der Waals surface area contributed by atoms with Crippen molar-refractivity contribution in [2.24, 2.45) is 0 Å². The smallest absolute Gasteiger partial charge is 0.164 e. The predicted molar refractivity (Wildman–Crippen MR) is 129 cm³/mol. The molecule has 4 aromatic rings. The van der Waals surface area contributed by atoms with Gasteiger partial charge < -0.3 is 29.2 Å². The standard InChI is InChI=1S/C27H28N2O4/c1-30-21-13-12-16(14-23(21)32-3)25-26-24(18-8-5-6-10-20(18)29-26)19(15-28-25)17-9-7-11-22(31-2)27(17)33-4/h5-14,19,25,28-29H,15H2,1-4H3. The molecule has 6 nitrogen and oxygen atoms in total. The minimum absolute atomic E-state index is 0.0138. The third-order valence-electron chi connectivity index (χ3n) is 6.49. The summed E-state index contributed by atoms with van der Waals surface area (Å²) in [5.74, 6) is 3.03. The van der Waals surface area contributed by atoms with Crippen LogP contribution >= 0.6 is 0 Å². The van der Waals surface area contributed by atoms with Crippen LogP contribution in [0.2, 0.25) is 0 Å². The highest BCUT2D eigenvalue weighted by atomic mass is 16.5. The molecule has 3 aromatic carbocycles. The molecule has 0 saturated carbocycles. The van der Waals surface area contributed by atoms with Crippen molar-refractivity contribution in [1.29, 1.82) is 0 Å². The van der Waals surface area contributed by atoms with Crippen molar-refractivity contribution < 1.29 is 18.9 Å². The lowest BCUT2D eigenvalue weighted by atomic mass is 9.82. The quantitative estimate of drug-likeness (QED) is 0.437. The largest absolute Gasteiger partial charge is 0.493 e. The summed E-state index contributed by atoms with van der Waals surface area (Å²) in [7, 11) is 6.68. The van der Waals surface area contributed by atoms with Crippen LogP contribution in [0, 0.1) is 0 Å². The molecule has 0 saturated heterocycles. The molecule has 1 aliphatic rings. The Morgan fingerprint density at radius 3 is 2.30 bits per heavy atom. The van der Waals surface area contributed by atoms with Crippen molar-refractivity contribution >= 4 is 10.9 Å². The van der Waals surface area contributed by atoms with Crippen LogP contribution in [0.15, 0.2) is 60.7 Å². The molecule has 2 N–H and O–H groups in total. The molecular weight excluding hydrogens is 416 g/mol. The summed E-state index contributed by atoms with van der Waals surface area (Å²) in [6.07, 6.45) is 0. The lowest BCUT2D eigenvalue weighted by molar-refractivity contribution is 0.349. The molecule has 1 aromatic heterocycles. The van der Waals surface area contributed by atoms with Gasteiger partial charge in [-0.1, -0.05) is 36.4 Å². The topological polar surface area (TPSA) is 64.7 Å². The van der Waals surface area contributed by atoms with Crippen LogP contribution in [0.5, 0.6) is 23.0 Å². The van der Waals surface area contributed by atoms with Crippen molar-refractivity contribution in [3.63, 3.8) is 0 Å². The fourth-order valence-corrected chi connectivity index (χ4v) is 5.00. The highest BCUT2D eigenvalue weighted by Gasteiger charge is 2.34. The molecule has 33 heavy (non-hydrogen) atoms. The lowest BCUT2D eigenvalue weighted by Crippen LogP contribution is -2.34. The second-order valence-corrected chi connectivity index (χ2v) is 8.09. The van der Waals surface area contributed by atoms with E-state index in [0.29, 0.717) is 11.5 Å². The lowest BCUT2D eigenvalue weighted by Gasteiger charge is -2.32. The molecule has 170 valence electrons. The summed E-state index contributed by atoms with van der Waals surface area (Å²) >= 11 is 0. The van der Waals surface area contributed by atoms with Gasteiger partial charge in [-0.3, -0.25) is 0 Å². The number of methoxy groups -OCH3 is 4. The van der Waals surface area contributed by atoms with Crippen LogP contribution in [0.25, 0.3) is 10.9 Å². The minimum atomic E-state index is -0.0138. The second-order valence-electron chi connectivity index (χ2n) is 8.09. The summed E-state index contributed by atoms with van der Waals surface area (Å²) in [6.45, 7) is 0.747. The molecule has 1 aliphatic heterocycles. The van der Waals surface area contributed by atoms with Crippen LogP contribution < -0.4 is 24.3 Å². The highest BCUT2D eigenvalue weighted by molar-refractivity contribution is 5.87. The van der Waals surface area contributed by atoms with E-state index in [0.717, 1.165) is 40.4 Å². The van der Waals surface area contributed by atoms with Crippen LogP contribution in [0.4, 0.5) is 0 Å². The van der Waals surface area contributed by atoms with Gasteiger partial charge in [0.15, 0.2) is 23.0 Å². The van der Waals surface area contributed by atoms with Gasteiger partial charge in [0.2, 0.25) is 0 Å². The van der Waals surface area contributed by atoms with Crippen molar-refractivity contribution in [2.45, 2.75) is 12.0 Å². The molecule has 0 aliphatic carbocycles. The monoisotopic (exact) mass is 444 g/mol. The highest BCUT2D eigenvalue weighted by Crippen LogP contribution is 2.46. The maximum atomic E-state index is 5.80. The van der Waals surface area contributed by atoms with Gasteiger partial charge in [-0.15, -0.1) is 0 Å². The molecule has 0 radical (unpaired) electrons. The maximum absolute atomic E-state index is 5.80. The number of rotatable bonds is 6. The van der Waals surface area contributed by atoms with Gasteiger partial charge in [0.25, 0.3) is 0 Å². The number of H-pyrrole nitrogens is 1. The predicted octanol–water partition coefficient (Wildman–Crippen LogP) is 5.03. The molecule has 0 fully saturated rings. The molecule has 0 bridgehead atoms. The first kappa shape index (κ1) is 21.2. The Hall–Kier alpha value is -3.64. The molecule has 0 spiro atoms. The first-order valence-electron chi connectivity index (χ1n) is 11.0. The molecule has 2 unspecified atom stereocenters. The Kier molecular flexibility index (Phi) is 5.60. The number of fused-ring (bicyclic) bond motifs is 3. The van der Waals surface area contributed by atoms with Gasteiger partial charge in [-0.2, -0.15) is 0 Å². The molecule has 6 heteroatoms. The second kappa shape index (κ2) is 8.71. The van der Waals surface area contributed by atoms with Gasteiger partial charge in [-0.05, 0) is 35.4 Å². The Morgan fingerprint density at radius 1 is 0.758 bits per heavy atom. The van der Waals surface area contributed by atoms with E-state index in [9.17, 15) is 0 Å². The molecule has 5 rings (SSSR count). The number of nitrogens with one attached hydrogen (secondary N) is 2. The summed E-state index contributed by atoms with van der Waals surface area (Å²) in [4.78, 5) is 3.69. The zero-order chi connectivity index (χ0) is 22.9. The maximum Gasteiger partial charge on any atom is 0.164 e. The van der Waals surface area contributed by atoms with Gasteiger partial charge in [0.1, 0.15) is 0 Å². The van der Waals surface area contributed by atoms with Crippen molar-refractivity contribution in [3.8, 4) is 23.0 Å².